The molecule has 0 bridgehead atoms. The molecule has 7 heteroatoms. The third-order valence-corrected chi connectivity index (χ3v) is 3.83. The minimum atomic E-state index is -0.275. The number of hydrogen-bond donors (Lipinski definition) is 1. The number of anilines is 1. The van der Waals surface area contributed by atoms with Crippen LogP contribution in [0.3, 0.4) is 0 Å². The van der Waals surface area contributed by atoms with Crippen LogP contribution in [0.25, 0.3) is 4.96 Å². The highest BCUT2D eigenvalue weighted by Crippen LogP contribution is 2.23. The van der Waals surface area contributed by atoms with Crippen LogP contribution in [0.2, 0.25) is 5.02 Å². The predicted octanol–water partition coefficient (Wildman–Crippen LogP) is 3.00. The lowest BCUT2D eigenvalue weighted by atomic mass is 10.2. The molecule has 2 heterocycles. The molecule has 0 saturated carbocycles. The summed E-state index contributed by atoms with van der Waals surface area (Å²) in [6.07, 6.45) is 1.60. The van der Waals surface area contributed by atoms with Gasteiger partial charge in [0.25, 0.3) is 5.91 Å². The van der Waals surface area contributed by atoms with Crippen LogP contribution >= 0.6 is 22.9 Å². The van der Waals surface area contributed by atoms with E-state index in [1.54, 1.807) is 34.4 Å². The van der Waals surface area contributed by atoms with Gasteiger partial charge in [-0.2, -0.15) is 5.10 Å². The molecule has 96 valence electrons. The molecule has 1 amide bonds. The molecule has 0 aliphatic rings. The van der Waals surface area contributed by atoms with Crippen LogP contribution in [0.1, 0.15) is 16.1 Å². The highest BCUT2D eigenvalue weighted by Gasteiger charge is 2.13. The average Bonchev–Trinajstić information content (AvgIpc) is 2.95. The zero-order valence-corrected chi connectivity index (χ0v) is 11.5. The van der Waals surface area contributed by atoms with E-state index >= 15 is 0 Å². The fraction of sp³-hybridized carbons (Fsp3) is 0.0833. The number of halogens is 1. The predicted molar refractivity (Wildman–Crippen MR) is 75.0 cm³/mol. The first-order valence-electron chi connectivity index (χ1n) is 5.50. The van der Waals surface area contributed by atoms with Gasteiger partial charge in [0, 0.05) is 10.7 Å². The number of hydrogen-bond acceptors (Lipinski definition) is 4. The Morgan fingerprint density at radius 1 is 1.47 bits per heavy atom. The first-order chi connectivity index (χ1) is 9.15. The van der Waals surface area contributed by atoms with Crippen molar-refractivity contribution in [1.29, 1.82) is 0 Å². The Balaban J connectivity index is 1.89. The van der Waals surface area contributed by atoms with Crippen molar-refractivity contribution >= 4 is 39.5 Å². The molecule has 0 atom stereocenters. The second-order valence-corrected chi connectivity index (χ2v) is 5.18. The highest BCUT2D eigenvalue weighted by atomic mass is 35.5. The van der Waals surface area contributed by atoms with Crippen molar-refractivity contribution in [3.8, 4) is 0 Å². The molecule has 0 aliphatic heterocycles. The molecule has 0 spiro atoms. The molecule has 0 aliphatic carbocycles. The number of carbonyl (C=O) groups is 1. The number of rotatable bonds is 2. The van der Waals surface area contributed by atoms with Gasteiger partial charge in [-0.05, 0) is 24.6 Å². The molecular formula is C12H9ClN4OS. The molecule has 3 rings (SSSR count). The van der Waals surface area contributed by atoms with Crippen LogP contribution in [0, 0.1) is 6.92 Å². The summed E-state index contributed by atoms with van der Waals surface area (Å²) in [6, 6.07) is 5.37. The number of nitrogens with one attached hydrogen (secondary N) is 1. The van der Waals surface area contributed by atoms with Crippen molar-refractivity contribution in [3.05, 3.63) is 46.2 Å². The summed E-state index contributed by atoms with van der Waals surface area (Å²) >= 11 is 7.39. The molecule has 1 N–H and O–H groups in total. The minimum absolute atomic E-state index is 0.275. The highest BCUT2D eigenvalue weighted by molar-refractivity contribution is 7.14. The first-order valence-corrected chi connectivity index (χ1v) is 6.76. The summed E-state index contributed by atoms with van der Waals surface area (Å²) < 4.78 is 1.57. The van der Waals surface area contributed by atoms with E-state index < -0.39 is 0 Å². The summed E-state index contributed by atoms with van der Waals surface area (Å²) in [4.78, 5) is 17.0. The van der Waals surface area contributed by atoms with Gasteiger partial charge in [-0.1, -0.05) is 29.0 Å². The third-order valence-electron chi connectivity index (χ3n) is 2.73. The van der Waals surface area contributed by atoms with Crippen LogP contribution in [0.4, 0.5) is 5.69 Å². The molecule has 1 aromatic carbocycles. The van der Waals surface area contributed by atoms with Crippen LogP contribution in [-0.4, -0.2) is 20.5 Å². The van der Waals surface area contributed by atoms with E-state index in [4.69, 9.17) is 11.6 Å². The number of fused-ring (bicyclic) bond motifs is 1. The van der Waals surface area contributed by atoms with E-state index in [1.807, 2.05) is 6.92 Å². The summed E-state index contributed by atoms with van der Waals surface area (Å²) in [7, 11) is 0. The van der Waals surface area contributed by atoms with Crippen LogP contribution in [0.15, 0.2) is 29.9 Å². The van der Waals surface area contributed by atoms with Crippen LogP contribution < -0.4 is 5.32 Å². The summed E-state index contributed by atoms with van der Waals surface area (Å²) in [5.41, 5.74) is 3.52. The van der Waals surface area contributed by atoms with Crippen molar-refractivity contribution in [1.82, 2.24) is 14.6 Å². The fourth-order valence-electron chi connectivity index (χ4n) is 1.68. The van der Waals surface area contributed by atoms with Gasteiger partial charge in [0.05, 0.1) is 6.20 Å². The smallest absolute Gasteiger partial charge is 0.275 e. The number of imidazole rings is 1. The van der Waals surface area contributed by atoms with Gasteiger partial charge in [-0.15, -0.1) is 0 Å². The number of nitrogens with zero attached hydrogens (tertiary/aromatic N) is 3. The number of aromatic nitrogens is 3. The van der Waals surface area contributed by atoms with Crippen molar-refractivity contribution in [3.63, 3.8) is 0 Å². The van der Waals surface area contributed by atoms with E-state index in [9.17, 15) is 4.79 Å². The average molecular weight is 293 g/mol. The zero-order chi connectivity index (χ0) is 13.4. The van der Waals surface area contributed by atoms with Gasteiger partial charge in [0.15, 0.2) is 0 Å². The Labute approximate surface area is 117 Å². The largest absolute Gasteiger partial charge is 0.320 e. The third kappa shape index (κ3) is 2.20. The van der Waals surface area contributed by atoms with E-state index in [-0.39, 0.29) is 5.91 Å². The number of amides is 1. The Bertz CT molecular complexity index is 736. The maximum absolute atomic E-state index is 12.1. The minimum Gasteiger partial charge on any atom is -0.320 e. The standard InChI is InChI=1S/C12H9ClN4OS/c1-7-8(13)3-2-4-9(7)15-11(18)10-5-17-12(16-10)19-6-14-17/h2-6H,1H3,(H,15,18). The molecule has 0 fully saturated rings. The van der Waals surface area contributed by atoms with Gasteiger partial charge in [-0.3, -0.25) is 4.79 Å². The second kappa shape index (κ2) is 4.64. The van der Waals surface area contributed by atoms with E-state index in [0.29, 0.717) is 21.4 Å². The van der Waals surface area contributed by atoms with Gasteiger partial charge in [0.1, 0.15) is 11.2 Å². The van der Waals surface area contributed by atoms with Crippen LogP contribution in [0.5, 0.6) is 0 Å². The Morgan fingerprint density at radius 2 is 2.32 bits per heavy atom. The molecule has 0 saturated heterocycles. The maximum Gasteiger partial charge on any atom is 0.275 e. The van der Waals surface area contributed by atoms with Crippen molar-refractivity contribution in [2.45, 2.75) is 6.92 Å². The van der Waals surface area contributed by atoms with Gasteiger partial charge >= 0.3 is 0 Å². The van der Waals surface area contributed by atoms with Crippen molar-refractivity contribution < 1.29 is 4.79 Å². The fourth-order valence-corrected chi connectivity index (χ4v) is 2.45. The summed E-state index contributed by atoms with van der Waals surface area (Å²) in [5, 5.41) is 7.44. The van der Waals surface area contributed by atoms with Crippen LogP contribution in [-0.2, 0) is 0 Å². The van der Waals surface area contributed by atoms with Gasteiger partial charge < -0.3 is 5.32 Å². The first kappa shape index (κ1) is 12.1. The molecule has 0 unspecified atom stereocenters. The quantitative estimate of drug-likeness (QED) is 0.790. The number of carbonyl (C=O) groups excluding carboxylic acids is 1. The topological polar surface area (TPSA) is 59.3 Å². The van der Waals surface area contributed by atoms with Crippen molar-refractivity contribution in [2.75, 3.05) is 5.32 Å². The lowest BCUT2D eigenvalue weighted by molar-refractivity contribution is 0.102. The Morgan fingerprint density at radius 3 is 3.11 bits per heavy atom. The maximum atomic E-state index is 12.1. The van der Waals surface area contributed by atoms with Gasteiger partial charge in [-0.25, -0.2) is 9.50 Å². The SMILES string of the molecule is Cc1c(Cl)cccc1NC(=O)c1cn2ncsc2n1. The molecule has 0 radical (unpaired) electrons. The van der Waals surface area contributed by atoms with Gasteiger partial charge in [0.2, 0.25) is 4.96 Å². The normalized spacial score (nSPS) is 10.8. The Kier molecular flexibility index (Phi) is 2.96. The molecule has 2 aromatic heterocycles. The molecule has 5 nitrogen and oxygen atoms in total. The van der Waals surface area contributed by atoms with E-state index in [2.05, 4.69) is 15.4 Å². The van der Waals surface area contributed by atoms with E-state index in [1.165, 1.54) is 11.3 Å². The van der Waals surface area contributed by atoms with E-state index in [0.717, 1.165) is 5.56 Å². The summed E-state index contributed by atoms with van der Waals surface area (Å²) in [5.74, 6) is -0.275. The second-order valence-electron chi connectivity index (χ2n) is 3.96. The van der Waals surface area contributed by atoms with Crippen molar-refractivity contribution in [2.24, 2.45) is 0 Å². The summed E-state index contributed by atoms with van der Waals surface area (Å²) in [6.45, 7) is 1.85. The molecular weight excluding hydrogens is 284 g/mol. The number of benzene rings is 1. The Hall–Kier alpha value is -1.92. The molecule has 3 aromatic rings. The molecule has 19 heavy (non-hydrogen) atoms. The lowest BCUT2D eigenvalue weighted by Crippen LogP contribution is -2.13. The zero-order valence-electron chi connectivity index (χ0n) is 9.92. The monoisotopic (exact) mass is 292 g/mol. The lowest BCUT2D eigenvalue weighted by Gasteiger charge is -2.07.